The molecule has 0 saturated carbocycles. The van der Waals surface area contributed by atoms with Crippen LogP contribution in [0.15, 0.2) is 54.7 Å². The van der Waals surface area contributed by atoms with E-state index in [2.05, 4.69) is 4.98 Å². The number of benzene rings is 2. The van der Waals surface area contributed by atoms with E-state index in [0.717, 1.165) is 22.0 Å². The summed E-state index contributed by atoms with van der Waals surface area (Å²) < 4.78 is 5.91. The van der Waals surface area contributed by atoms with Crippen molar-refractivity contribution < 1.29 is 4.74 Å². The maximum atomic E-state index is 6.20. The first kappa shape index (κ1) is 13.9. The Kier molecular flexibility index (Phi) is 4.04. The molecule has 2 N–H and O–H groups in total. The first-order valence-corrected chi connectivity index (χ1v) is 7.10. The fourth-order valence-corrected chi connectivity index (χ4v) is 2.56. The monoisotopic (exact) mass is 298 g/mol. The second-order valence-corrected chi connectivity index (χ2v) is 5.12. The number of nitrogens with two attached hydrogens (primary N) is 1. The predicted molar refractivity (Wildman–Crippen MR) is 85.4 cm³/mol. The molecule has 3 nitrogen and oxygen atoms in total. The molecule has 0 aliphatic heterocycles. The highest BCUT2D eigenvalue weighted by Gasteiger charge is 2.09. The van der Waals surface area contributed by atoms with Crippen molar-refractivity contribution in [3.8, 4) is 5.75 Å². The molecular formula is C17H15ClN2O. The van der Waals surface area contributed by atoms with Gasteiger partial charge in [0.1, 0.15) is 12.4 Å². The molecule has 0 unspecified atom stereocenters. The summed E-state index contributed by atoms with van der Waals surface area (Å²) in [7, 11) is 0. The smallest absolute Gasteiger partial charge is 0.142 e. The van der Waals surface area contributed by atoms with Crippen molar-refractivity contribution in [2.24, 2.45) is 5.73 Å². The molecule has 0 aliphatic rings. The molecule has 3 rings (SSSR count). The lowest BCUT2D eigenvalue weighted by Gasteiger charge is -2.13. The van der Waals surface area contributed by atoms with E-state index in [1.165, 1.54) is 0 Å². The summed E-state index contributed by atoms with van der Waals surface area (Å²) in [6.07, 6.45) is 1.79. The van der Waals surface area contributed by atoms with E-state index in [0.29, 0.717) is 23.9 Å². The van der Waals surface area contributed by atoms with Gasteiger partial charge < -0.3 is 10.5 Å². The Morgan fingerprint density at radius 2 is 1.86 bits per heavy atom. The van der Waals surface area contributed by atoms with Crippen molar-refractivity contribution >= 4 is 22.5 Å². The van der Waals surface area contributed by atoms with Crippen molar-refractivity contribution in [3.63, 3.8) is 0 Å². The third-order valence-electron chi connectivity index (χ3n) is 3.38. The zero-order chi connectivity index (χ0) is 14.7. The van der Waals surface area contributed by atoms with E-state index in [1.54, 1.807) is 12.3 Å². The highest BCUT2D eigenvalue weighted by molar-refractivity contribution is 6.32. The zero-order valence-electron chi connectivity index (χ0n) is 11.4. The van der Waals surface area contributed by atoms with E-state index in [1.807, 2.05) is 42.5 Å². The molecule has 0 saturated heterocycles. The molecule has 21 heavy (non-hydrogen) atoms. The van der Waals surface area contributed by atoms with Crippen LogP contribution in [0.25, 0.3) is 10.9 Å². The molecule has 1 aromatic heterocycles. The Morgan fingerprint density at radius 1 is 1.00 bits per heavy atom. The third kappa shape index (κ3) is 2.84. The van der Waals surface area contributed by atoms with Crippen LogP contribution in [-0.2, 0) is 13.2 Å². The van der Waals surface area contributed by atoms with Crippen LogP contribution in [0.1, 0.15) is 11.1 Å². The molecule has 4 heteroatoms. The summed E-state index contributed by atoms with van der Waals surface area (Å²) in [4.78, 5) is 4.35. The molecule has 0 radical (unpaired) electrons. The molecule has 106 valence electrons. The fraction of sp³-hybridized carbons (Fsp3) is 0.118. The molecule has 0 bridgehead atoms. The van der Waals surface area contributed by atoms with Crippen molar-refractivity contribution in [2.45, 2.75) is 13.2 Å². The zero-order valence-corrected chi connectivity index (χ0v) is 12.2. The number of para-hydroxylation sites is 2. The van der Waals surface area contributed by atoms with Gasteiger partial charge >= 0.3 is 0 Å². The Balaban J connectivity index is 1.91. The van der Waals surface area contributed by atoms with Crippen molar-refractivity contribution in [2.75, 3.05) is 0 Å². The van der Waals surface area contributed by atoms with E-state index < -0.39 is 0 Å². The van der Waals surface area contributed by atoms with Crippen molar-refractivity contribution in [1.82, 2.24) is 4.98 Å². The molecule has 0 spiro atoms. The summed E-state index contributed by atoms with van der Waals surface area (Å²) in [5.74, 6) is 0.655. The summed E-state index contributed by atoms with van der Waals surface area (Å²) in [5.41, 5.74) is 8.66. The average Bonchev–Trinajstić information content (AvgIpc) is 2.53. The minimum Gasteiger partial charge on any atom is -0.487 e. The molecule has 0 fully saturated rings. The Bertz CT molecular complexity index is 768. The lowest BCUT2D eigenvalue weighted by atomic mass is 10.1. The van der Waals surface area contributed by atoms with Gasteiger partial charge in [0.05, 0.1) is 10.5 Å². The topological polar surface area (TPSA) is 48.1 Å². The number of halogens is 1. The lowest BCUT2D eigenvalue weighted by molar-refractivity contribution is 0.304. The van der Waals surface area contributed by atoms with Gasteiger partial charge in [-0.25, -0.2) is 0 Å². The molecule has 0 atom stereocenters. The molecule has 2 aromatic carbocycles. The highest BCUT2D eigenvalue weighted by atomic mass is 35.5. The number of nitrogens with zero attached hydrogens (tertiary/aromatic N) is 1. The van der Waals surface area contributed by atoms with Crippen LogP contribution in [0.4, 0.5) is 0 Å². The van der Waals surface area contributed by atoms with Gasteiger partial charge in [0, 0.05) is 29.3 Å². The lowest BCUT2D eigenvalue weighted by Crippen LogP contribution is -2.03. The number of rotatable bonds is 4. The first-order valence-electron chi connectivity index (χ1n) is 6.72. The number of aromatic nitrogens is 1. The highest BCUT2D eigenvalue weighted by Crippen LogP contribution is 2.29. The average molecular weight is 299 g/mol. The standard InChI is InChI=1S/C17H15ClN2O/c18-15-6-3-4-12(10-19)17(15)21-11-13-8-9-20-16-7-2-1-5-14(13)16/h1-9H,10-11,19H2. The van der Waals surface area contributed by atoms with Crippen LogP contribution in [0, 0.1) is 0 Å². The SMILES string of the molecule is NCc1cccc(Cl)c1OCc1ccnc2ccccc12. The number of hydrogen-bond acceptors (Lipinski definition) is 3. The van der Waals surface area contributed by atoms with E-state index in [-0.39, 0.29) is 0 Å². The molecule has 0 amide bonds. The van der Waals surface area contributed by atoms with Gasteiger partial charge in [-0.3, -0.25) is 4.98 Å². The fourth-order valence-electron chi connectivity index (χ4n) is 2.31. The van der Waals surface area contributed by atoms with Crippen LogP contribution < -0.4 is 10.5 Å². The second-order valence-electron chi connectivity index (χ2n) is 4.71. The van der Waals surface area contributed by atoms with Crippen LogP contribution >= 0.6 is 11.6 Å². The number of hydrogen-bond donors (Lipinski definition) is 1. The van der Waals surface area contributed by atoms with Gasteiger partial charge in [0.25, 0.3) is 0 Å². The van der Waals surface area contributed by atoms with Crippen molar-refractivity contribution in [1.29, 1.82) is 0 Å². The normalized spacial score (nSPS) is 10.8. The minimum absolute atomic E-state index is 0.396. The van der Waals surface area contributed by atoms with Gasteiger partial charge in [0.2, 0.25) is 0 Å². The number of fused-ring (bicyclic) bond motifs is 1. The summed E-state index contributed by atoms with van der Waals surface area (Å²) in [6, 6.07) is 15.6. The van der Waals surface area contributed by atoms with E-state index in [9.17, 15) is 0 Å². The van der Waals surface area contributed by atoms with Gasteiger partial charge in [-0.15, -0.1) is 0 Å². The first-order chi connectivity index (χ1) is 10.3. The maximum Gasteiger partial charge on any atom is 0.142 e. The second kappa shape index (κ2) is 6.12. The number of pyridine rings is 1. The largest absolute Gasteiger partial charge is 0.487 e. The minimum atomic E-state index is 0.396. The van der Waals surface area contributed by atoms with Gasteiger partial charge in [0.15, 0.2) is 0 Å². The quantitative estimate of drug-likeness (QED) is 0.794. The summed E-state index contributed by atoms with van der Waals surface area (Å²) >= 11 is 6.20. The molecule has 0 aliphatic carbocycles. The number of ether oxygens (including phenoxy) is 1. The van der Waals surface area contributed by atoms with Crippen LogP contribution in [0.3, 0.4) is 0 Å². The summed E-state index contributed by atoms with van der Waals surface area (Å²) in [6.45, 7) is 0.826. The Labute approximate surface area is 128 Å². The van der Waals surface area contributed by atoms with Crippen molar-refractivity contribution in [3.05, 3.63) is 70.9 Å². The molecular weight excluding hydrogens is 284 g/mol. The van der Waals surface area contributed by atoms with Gasteiger partial charge in [-0.1, -0.05) is 41.9 Å². The van der Waals surface area contributed by atoms with Gasteiger partial charge in [-0.05, 0) is 18.2 Å². The predicted octanol–water partition coefficient (Wildman–Crippen LogP) is 3.93. The third-order valence-corrected chi connectivity index (χ3v) is 3.68. The van der Waals surface area contributed by atoms with Crippen LogP contribution in [0.5, 0.6) is 5.75 Å². The van der Waals surface area contributed by atoms with Gasteiger partial charge in [-0.2, -0.15) is 0 Å². The van der Waals surface area contributed by atoms with E-state index in [4.69, 9.17) is 22.1 Å². The molecule has 1 heterocycles. The molecule has 3 aromatic rings. The Morgan fingerprint density at radius 3 is 2.71 bits per heavy atom. The van der Waals surface area contributed by atoms with Crippen LogP contribution in [-0.4, -0.2) is 4.98 Å². The maximum absolute atomic E-state index is 6.20. The summed E-state index contributed by atoms with van der Waals surface area (Å²) in [5, 5.41) is 1.66. The van der Waals surface area contributed by atoms with Crippen LogP contribution in [0.2, 0.25) is 5.02 Å². The van der Waals surface area contributed by atoms with E-state index >= 15 is 0 Å². The Hall–Kier alpha value is -2.10.